The molecular formula is C51H96. The van der Waals surface area contributed by atoms with Crippen LogP contribution in [0.5, 0.6) is 0 Å². The maximum Gasteiger partial charge on any atom is -0.0273 e. The van der Waals surface area contributed by atoms with Gasteiger partial charge in [0.05, 0.1) is 0 Å². The maximum atomic E-state index is 2.51. The zero-order valence-corrected chi connectivity index (χ0v) is 35.9. The molecule has 0 aliphatic heterocycles. The van der Waals surface area contributed by atoms with E-state index in [4.69, 9.17) is 0 Å². The minimum Gasteiger partial charge on any atom is -0.0654 e. The van der Waals surface area contributed by atoms with Gasteiger partial charge in [0, 0.05) is 0 Å². The molecule has 0 N–H and O–H groups in total. The summed E-state index contributed by atoms with van der Waals surface area (Å²) in [5.41, 5.74) is 5.20. The molecule has 0 aliphatic rings. The van der Waals surface area contributed by atoms with Gasteiger partial charge in [0.25, 0.3) is 0 Å². The molecule has 0 bridgehead atoms. The summed E-state index contributed by atoms with van der Waals surface area (Å²) in [6.45, 7) is 6.96. The Hall–Kier alpha value is -0.780. The fraction of sp³-hybridized carbons (Fsp3) is 0.882. The molecule has 1 aromatic rings. The van der Waals surface area contributed by atoms with Crippen molar-refractivity contribution < 1.29 is 0 Å². The van der Waals surface area contributed by atoms with Crippen molar-refractivity contribution in [2.45, 2.75) is 290 Å². The van der Waals surface area contributed by atoms with E-state index in [2.05, 4.69) is 39.0 Å². The fourth-order valence-electron chi connectivity index (χ4n) is 8.46. The highest BCUT2D eigenvalue weighted by Gasteiger charge is 2.09. The number of hydrogen-bond donors (Lipinski definition) is 0. The molecule has 0 aromatic heterocycles. The van der Waals surface area contributed by atoms with E-state index in [1.54, 1.807) is 16.7 Å². The van der Waals surface area contributed by atoms with Gasteiger partial charge in [-0.1, -0.05) is 270 Å². The fourth-order valence-corrected chi connectivity index (χ4v) is 8.46. The zero-order valence-electron chi connectivity index (χ0n) is 35.9. The van der Waals surface area contributed by atoms with Crippen LogP contribution in [0.15, 0.2) is 18.2 Å². The van der Waals surface area contributed by atoms with Crippen LogP contribution in [0.4, 0.5) is 0 Å². The summed E-state index contributed by atoms with van der Waals surface area (Å²) in [6.07, 6.45) is 60.4. The van der Waals surface area contributed by atoms with E-state index in [0.29, 0.717) is 0 Å². The number of hydrogen-bond acceptors (Lipinski definition) is 0. The highest BCUT2D eigenvalue weighted by atomic mass is 14.1. The third-order valence-electron chi connectivity index (χ3n) is 12.0. The third-order valence-corrected chi connectivity index (χ3v) is 12.0. The minimum absolute atomic E-state index is 1.32. The molecule has 0 aliphatic carbocycles. The van der Waals surface area contributed by atoms with Crippen LogP contribution in [0, 0.1) is 0 Å². The molecular weight excluding hydrogens is 613 g/mol. The van der Waals surface area contributed by atoms with Gasteiger partial charge in [-0.15, -0.1) is 0 Å². The smallest absolute Gasteiger partial charge is 0.0273 e. The van der Waals surface area contributed by atoms with Gasteiger partial charge in [-0.25, -0.2) is 0 Å². The minimum atomic E-state index is 1.32. The summed E-state index contributed by atoms with van der Waals surface area (Å²) < 4.78 is 0. The van der Waals surface area contributed by atoms with Gasteiger partial charge in [-0.2, -0.15) is 0 Å². The number of rotatable bonds is 42. The van der Waals surface area contributed by atoms with Crippen LogP contribution >= 0.6 is 0 Å². The van der Waals surface area contributed by atoms with Gasteiger partial charge in [0.2, 0.25) is 0 Å². The first kappa shape index (κ1) is 48.2. The van der Waals surface area contributed by atoms with Gasteiger partial charge in [-0.3, -0.25) is 0 Å². The van der Waals surface area contributed by atoms with Gasteiger partial charge in [0.1, 0.15) is 0 Å². The number of unbranched alkanes of at least 4 members (excludes halogenated alkanes) is 36. The molecule has 1 rings (SSSR count). The Balaban J connectivity index is 2.35. The van der Waals surface area contributed by atoms with Crippen LogP contribution in [0.3, 0.4) is 0 Å². The van der Waals surface area contributed by atoms with Gasteiger partial charge in [0.15, 0.2) is 0 Å². The van der Waals surface area contributed by atoms with Gasteiger partial charge < -0.3 is 0 Å². The molecule has 51 heavy (non-hydrogen) atoms. The lowest BCUT2D eigenvalue weighted by Crippen LogP contribution is -2.02. The second-order valence-corrected chi connectivity index (χ2v) is 17.0. The molecule has 0 fully saturated rings. The predicted molar refractivity (Wildman–Crippen MR) is 235 cm³/mol. The molecule has 0 spiro atoms. The van der Waals surface area contributed by atoms with Crippen molar-refractivity contribution in [3.05, 3.63) is 34.9 Å². The van der Waals surface area contributed by atoms with Crippen LogP contribution in [0.25, 0.3) is 0 Å². The van der Waals surface area contributed by atoms with Crippen molar-refractivity contribution in [2.75, 3.05) is 0 Å². The van der Waals surface area contributed by atoms with E-state index >= 15 is 0 Å². The van der Waals surface area contributed by atoms with E-state index < -0.39 is 0 Å². The van der Waals surface area contributed by atoms with Crippen molar-refractivity contribution >= 4 is 0 Å². The number of benzene rings is 1. The Labute approximate surface area is 324 Å². The highest BCUT2D eigenvalue weighted by Crippen LogP contribution is 2.24. The lowest BCUT2D eigenvalue weighted by atomic mass is 9.90. The normalized spacial score (nSPS) is 11.6. The summed E-state index contributed by atoms with van der Waals surface area (Å²) in [4.78, 5) is 0. The van der Waals surface area contributed by atoms with Crippen molar-refractivity contribution in [1.29, 1.82) is 0 Å². The average molecular weight is 709 g/mol. The molecule has 0 radical (unpaired) electrons. The lowest BCUT2D eigenvalue weighted by molar-refractivity contribution is 0.536. The highest BCUT2D eigenvalue weighted by molar-refractivity contribution is 5.36. The predicted octanol–water partition coefficient (Wildman–Crippen LogP) is 18.6. The van der Waals surface area contributed by atoms with Crippen molar-refractivity contribution in [2.24, 2.45) is 0 Å². The molecule has 0 saturated carbocycles. The molecule has 0 unspecified atom stereocenters. The molecule has 0 heterocycles. The first-order valence-electron chi connectivity index (χ1n) is 24.4. The summed E-state index contributed by atoms with van der Waals surface area (Å²) in [6, 6.07) is 7.42. The molecule has 0 nitrogen and oxygen atoms in total. The molecule has 0 saturated heterocycles. The first-order valence-corrected chi connectivity index (χ1v) is 24.4. The largest absolute Gasteiger partial charge is 0.0654 e. The Morgan fingerprint density at radius 1 is 0.235 bits per heavy atom. The first-order chi connectivity index (χ1) is 25.3. The Kier molecular flexibility index (Phi) is 38.2. The average Bonchev–Trinajstić information content (AvgIpc) is 3.14. The summed E-state index contributed by atoms with van der Waals surface area (Å²) in [5, 5.41) is 0. The quantitative estimate of drug-likeness (QED) is 0.0593. The summed E-state index contributed by atoms with van der Waals surface area (Å²) >= 11 is 0. The van der Waals surface area contributed by atoms with Gasteiger partial charge >= 0.3 is 0 Å². The Bertz CT molecular complexity index is 743. The maximum absolute atomic E-state index is 2.51. The molecule has 1 aromatic carbocycles. The Morgan fingerprint density at radius 3 is 0.667 bits per heavy atom. The standard InChI is InChI=1S/C51H96/c1-4-7-10-13-16-19-22-25-28-31-34-37-40-44-49-46-43-47-50(45-41-38-35-32-29-26-23-20-17-14-11-8-5-2)51(49)48-42-39-36-33-30-27-24-21-18-15-12-9-6-3/h43,46-47H,4-42,44-45,48H2,1-3H3. The van der Waals surface area contributed by atoms with Crippen LogP contribution < -0.4 is 0 Å². The second kappa shape index (κ2) is 40.4. The SMILES string of the molecule is CCCCCCCCCCCCCCCc1cccc(CCCCCCCCCCCCCCC)c1CCCCCCCCCCCCCCC. The van der Waals surface area contributed by atoms with Crippen LogP contribution in [-0.4, -0.2) is 0 Å². The van der Waals surface area contributed by atoms with Gasteiger partial charge in [-0.05, 0) is 55.2 Å². The summed E-state index contributed by atoms with van der Waals surface area (Å²) in [5.74, 6) is 0. The zero-order chi connectivity index (χ0) is 36.6. The number of aryl methyl sites for hydroxylation is 2. The van der Waals surface area contributed by atoms with E-state index in [1.165, 1.54) is 270 Å². The summed E-state index contributed by atoms with van der Waals surface area (Å²) in [7, 11) is 0. The van der Waals surface area contributed by atoms with Crippen molar-refractivity contribution in [3.8, 4) is 0 Å². The topological polar surface area (TPSA) is 0 Å². The molecule has 0 amide bonds. The molecule has 0 atom stereocenters. The van der Waals surface area contributed by atoms with Crippen molar-refractivity contribution in [3.63, 3.8) is 0 Å². The van der Waals surface area contributed by atoms with E-state index in [1.807, 2.05) is 0 Å². The lowest BCUT2D eigenvalue weighted by Gasteiger charge is -2.16. The van der Waals surface area contributed by atoms with Crippen molar-refractivity contribution in [1.82, 2.24) is 0 Å². The van der Waals surface area contributed by atoms with E-state index in [9.17, 15) is 0 Å². The van der Waals surface area contributed by atoms with E-state index in [0.717, 1.165) is 0 Å². The molecule has 300 valence electrons. The van der Waals surface area contributed by atoms with Crippen LogP contribution in [0.2, 0.25) is 0 Å². The molecule has 0 heteroatoms. The monoisotopic (exact) mass is 709 g/mol. The second-order valence-electron chi connectivity index (χ2n) is 17.0. The third kappa shape index (κ3) is 32.4. The Morgan fingerprint density at radius 2 is 0.431 bits per heavy atom. The van der Waals surface area contributed by atoms with Crippen LogP contribution in [-0.2, 0) is 19.3 Å². The van der Waals surface area contributed by atoms with Crippen LogP contribution in [0.1, 0.15) is 288 Å². The van der Waals surface area contributed by atoms with E-state index in [-0.39, 0.29) is 0 Å².